The van der Waals surface area contributed by atoms with Crippen LogP contribution in [0.5, 0.6) is 0 Å². The average molecular weight is 670 g/mol. The number of halogens is 1. The Morgan fingerprint density at radius 3 is 2.43 bits per heavy atom. The second-order valence-electron chi connectivity index (χ2n) is 9.53. The van der Waals surface area contributed by atoms with Crippen LogP contribution in [0.4, 0.5) is 16.5 Å². The molecule has 3 N–H and O–H groups in total. The van der Waals surface area contributed by atoms with E-state index < -0.39 is 16.7 Å². The van der Waals surface area contributed by atoms with E-state index >= 15 is 0 Å². The molecule has 230 valence electrons. The number of aromatic nitrogens is 1. The summed E-state index contributed by atoms with van der Waals surface area (Å²) in [6.07, 6.45) is 1.26. The first-order valence-corrected chi connectivity index (χ1v) is 15.9. The van der Waals surface area contributed by atoms with Gasteiger partial charge < -0.3 is 16.0 Å². The summed E-state index contributed by atoms with van der Waals surface area (Å²) >= 11 is 8.80. The Labute approximate surface area is 276 Å². The van der Waals surface area contributed by atoms with Crippen LogP contribution in [-0.2, 0) is 9.59 Å². The second-order valence-corrected chi connectivity index (χ2v) is 11.8. The van der Waals surface area contributed by atoms with E-state index in [1.165, 1.54) is 47.4 Å². The number of benzene rings is 4. The van der Waals surface area contributed by atoms with Gasteiger partial charge in [0.05, 0.1) is 21.9 Å². The van der Waals surface area contributed by atoms with Crippen LogP contribution in [0.1, 0.15) is 15.9 Å². The monoisotopic (exact) mass is 669 g/mol. The molecule has 46 heavy (non-hydrogen) atoms. The zero-order valence-electron chi connectivity index (χ0n) is 23.8. The van der Waals surface area contributed by atoms with Crippen LogP contribution < -0.4 is 16.0 Å². The van der Waals surface area contributed by atoms with Gasteiger partial charge >= 0.3 is 0 Å². The number of hydrogen-bond donors (Lipinski definition) is 3. The van der Waals surface area contributed by atoms with Crippen LogP contribution in [0.3, 0.4) is 0 Å². The quantitative estimate of drug-likeness (QED) is 0.0571. The summed E-state index contributed by atoms with van der Waals surface area (Å²) in [6.45, 7) is 0. The van der Waals surface area contributed by atoms with Crippen molar-refractivity contribution in [1.82, 2.24) is 10.3 Å². The van der Waals surface area contributed by atoms with E-state index in [9.17, 15) is 24.5 Å². The minimum absolute atomic E-state index is 0.0777. The third-order valence-corrected chi connectivity index (χ3v) is 8.41. The fraction of sp³-hybridized carbons (Fsp3) is 0.0303. The summed E-state index contributed by atoms with van der Waals surface area (Å²) < 4.78 is 0. The molecule has 5 aromatic rings. The molecule has 3 amide bonds. The number of amides is 3. The van der Waals surface area contributed by atoms with Gasteiger partial charge in [-0.1, -0.05) is 66.2 Å². The highest BCUT2D eigenvalue weighted by Crippen LogP contribution is 2.30. The Kier molecular flexibility index (Phi) is 10.6. The number of nitro benzene ring substituents is 1. The van der Waals surface area contributed by atoms with E-state index in [4.69, 9.17) is 11.6 Å². The van der Waals surface area contributed by atoms with Crippen molar-refractivity contribution < 1.29 is 19.3 Å². The van der Waals surface area contributed by atoms with E-state index in [1.54, 1.807) is 66.7 Å². The topological polar surface area (TPSA) is 143 Å². The van der Waals surface area contributed by atoms with Crippen molar-refractivity contribution in [3.05, 3.63) is 140 Å². The molecule has 13 heteroatoms. The van der Waals surface area contributed by atoms with Crippen molar-refractivity contribution in [3.8, 4) is 11.3 Å². The maximum Gasteiger partial charge on any atom is 0.276 e. The molecule has 0 aliphatic heterocycles. The summed E-state index contributed by atoms with van der Waals surface area (Å²) in [5, 5.41) is 22.5. The Bertz CT molecular complexity index is 1950. The number of hydrogen-bond acceptors (Lipinski definition) is 8. The first kappa shape index (κ1) is 32.1. The van der Waals surface area contributed by atoms with Gasteiger partial charge in [0.25, 0.3) is 17.5 Å². The Morgan fingerprint density at radius 2 is 1.65 bits per heavy atom. The molecule has 0 atom stereocenters. The van der Waals surface area contributed by atoms with Crippen LogP contribution >= 0.6 is 34.7 Å². The summed E-state index contributed by atoms with van der Waals surface area (Å²) in [5.74, 6) is -1.44. The standard InChI is InChI=1S/C33H24ClN5O5S2/c34-26-15-6-5-14-25(26)28-19-46-33(37-28)38-30(40)20-45-24-13-8-12-23(18-24)35-32(42)27(36-31(41)21-9-2-1-3-10-21)17-22-11-4-7-16-29(22)39(43)44/h1-19H,20H2,(H,35,42)(H,36,41)(H,37,38,40)/b27-17+. The van der Waals surface area contributed by atoms with Gasteiger partial charge in [-0.25, -0.2) is 4.98 Å². The van der Waals surface area contributed by atoms with E-state index in [0.29, 0.717) is 32.0 Å². The van der Waals surface area contributed by atoms with Gasteiger partial charge in [-0.2, -0.15) is 0 Å². The molecular formula is C33H24ClN5O5S2. The zero-order valence-corrected chi connectivity index (χ0v) is 26.2. The smallest absolute Gasteiger partial charge is 0.276 e. The normalized spacial score (nSPS) is 11.0. The van der Waals surface area contributed by atoms with Crippen LogP contribution in [0.25, 0.3) is 17.3 Å². The highest BCUT2D eigenvalue weighted by Gasteiger charge is 2.19. The van der Waals surface area contributed by atoms with Gasteiger partial charge in [-0.3, -0.25) is 24.5 Å². The molecule has 0 aliphatic rings. The predicted molar refractivity (Wildman–Crippen MR) is 182 cm³/mol. The number of anilines is 2. The van der Waals surface area contributed by atoms with Crippen molar-refractivity contribution in [2.75, 3.05) is 16.4 Å². The van der Waals surface area contributed by atoms with Gasteiger partial charge in [0.1, 0.15) is 5.70 Å². The minimum atomic E-state index is -0.694. The molecule has 1 aromatic heterocycles. The zero-order chi connectivity index (χ0) is 32.5. The SMILES string of the molecule is O=C(CSc1cccc(NC(=O)/C(=C\c2ccccc2[N+](=O)[O-])NC(=O)c2ccccc2)c1)Nc1nc(-c2ccccc2Cl)cs1. The van der Waals surface area contributed by atoms with Gasteiger partial charge in [0.2, 0.25) is 5.91 Å². The lowest BCUT2D eigenvalue weighted by atomic mass is 10.1. The fourth-order valence-electron chi connectivity index (χ4n) is 4.16. The molecule has 0 bridgehead atoms. The number of thioether (sulfide) groups is 1. The molecule has 0 aliphatic carbocycles. The highest BCUT2D eigenvalue weighted by molar-refractivity contribution is 8.00. The predicted octanol–water partition coefficient (Wildman–Crippen LogP) is 7.51. The number of nitrogens with one attached hydrogen (secondary N) is 3. The number of rotatable bonds is 11. The summed E-state index contributed by atoms with van der Waals surface area (Å²) in [4.78, 5) is 55.2. The summed E-state index contributed by atoms with van der Waals surface area (Å²) in [6, 6.07) is 28.3. The Hall–Kier alpha value is -5.30. The van der Waals surface area contributed by atoms with E-state index in [-0.39, 0.29) is 28.6 Å². The van der Waals surface area contributed by atoms with Crippen LogP contribution in [0.2, 0.25) is 5.02 Å². The van der Waals surface area contributed by atoms with E-state index in [0.717, 1.165) is 5.56 Å². The first-order chi connectivity index (χ1) is 22.3. The molecule has 0 fully saturated rings. The number of nitro groups is 1. The molecular weight excluding hydrogens is 646 g/mol. The van der Waals surface area contributed by atoms with Crippen molar-refractivity contribution in [2.45, 2.75) is 4.90 Å². The van der Waals surface area contributed by atoms with Crippen LogP contribution in [0, 0.1) is 10.1 Å². The number of para-hydroxylation sites is 1. The van der Waals surface area contributed by atoms with Gasteiger partial charge in [-0.15, -0.1) is 23.1 Å². The van der Waals surface area contributed by atoms with E-state index in [2.05, 4.69) is 20.9 Å². The molecule has 5 rings (SSSR count). The lowest BCUT2D eigenvalue weighted by Crippen LogP contribution is -2.30. The Morgan fingerprint density at radius 1 is 0.913 bits per heavy atom. The molecule has 0 spiro atoms. The third kappa shape index (κ3) is 8.45. The molecule has 0 saturated carbocycles. The molecule has 0 unspecified atom stereocenters. The number of thiazole rings is 1. The maximum atomic E-state index is 13.4. The van der Waals surface area contributed by atoms with Crippen molar-refractivity contribution in [2.24, 2.45) is 0 Å². The third-order valence-electron chi connectivity index (χ3n) is 6.32. The molecule has 4 aromatic carbocycles. The van der Waals surface area contributed by atoms with E-state index in [1.807, 2.05) is 23.6 Å². The molecule has 0 radical (unpaired) electrons. The number of carbonyl (C=O) groups is 3. The van der Waals surface area contributed by atoms with Crippen molar-refractivity contribution in [3.63, 3.8) is 0 Å². The number of nitrogens with zero attached hydrogens (tertiary/aromatic N) is 2. The minimum Gasteiger partial charge on any atom is -0.321 e. The first-order valence-electron chi connectivity index (χ1n) is 13.6. The summed E-state index contributed by atoms with van der Waals surface area (Å²) in [5.41, 5.74) is 1.85. The van der Waals surface area contributed by atoms with Crippen molar-refractivity contribution in [1.29, 1.82) is 0 Å². The number of carbonyl (C=O) groups excluding carboxylic acids is 3. The van der Waals surface area contributed by atoms with Crippen LogP contribution in [-0.4, -0.2) is 33.4 Å². The van der Waals surface area contributed by atoms with Gasteiger partial charge in [0.15, 0.2) is 5.13 Å². The summed E-state index contributed by atoms with van der Waals surface area (Å²) in [7, 11) is 0. The molecule has 10 nitrogen and oxygen atoms in total. The average Bonchev–Trinajstić information content (AvgIpc) is 3.52. The van der Waals surface area contributed by atoms with Gasteiger partial charge in [-0.05, 0) is 48.5 Å². The highest BCUT2D eigenvalue weighted by atomic mass is 35.5. The lowest BCUT2D eigenvalue weighted by molar-refractivity contribution is -0.385. The largest absolute Gasteiger partial charge is 0.321 e. The molecule has 0 saturated heterocycles. The lowest BCUT2D eigenvalue weighted by Gasteiger charge is -2.12. The maximum absolute atomic E-state index is 13.4. The molecule has 1 heterocycles. The van der Waals surface area contributed by atoms with Gasteiger partial charge in [0, 0.05) is 38.2 Å². The second kappa shape index (κ2) is 15.1. The fourth-order valence-corrected chi connectivity index (χ4v) is 5.88. The Balaban J connectivity index is 1.26. The van der Waals surface area contributed by atoms with Crippen LogP contribution in [0.15, 0.2) is 119 Å². The van der Waals surface area contributed by atoms with Crippen molar-refractivity contribution >= 4 is 75.0 Å².